The number of rotatable bonds is 2. The molecule has 0 aliphatic heterocycles. The van der Waals surface area contributed by atoms with Gasteiger partial charge in [0.05, 0.1) is 0 Å². The Balaban J connectivity index is 2.04. The fourth-order valence-electron chi connectivity index (χ4n) is 3.31. The summed E-state index contributed by atoms with van der Waals surface area (Å²) in [7, 11) is 0. The molecular formula is C18H19Cl2N. The van der Waals surface area contributed by atoms with Crippen molar-refractivity contribution in [3.8, 4) is 0 Å². The fraction of sp³-hybridized carbons (Fsp3) is 0.333. The van der Waals surface area contributed by atoms with Crippen LogP contribution in [0.2, 0.25) is 10.0 Å². The molecule has 1 aliphatic carbocycles. The molecule has 3 heteroatoms. The first-order valence-electron chi connectivity index (χ1n) is 7.40. The molecule has 0 bridgehead atoms. The Kier molecular flexibility index (Phi) is 4.26. The van der Waals surface area contributed by atoms with Crippen molar-refractivity contribution in [3.63, 3.8) is 0 Å². The predicted octanol–water partition coefficient (Wildman–Crippen LogP) is 5.12. The molecule has 0 spiro atoms. The molecule has 0 saturated heterocycles. The molecule has 2 aromatic rings. The van der Waals surface area contributed by atoms with Crippen LogP contribution in [0.4, 0.5) is 0 Å². The Morgan fingerprint density at radius 1 is 0.952 bits per heavy atom. The Hall–Kier alpha value is -1.02. The number of aryl methyl sites for hydroxylation is 1. The lowest BCUT2D eigenvalue weighted by atomic mass is 9.80. The van der Waals surface area contributed by atoms with Gasteiger partial charge in [-0.2, -0.15) is 0 Å². The van der Waals surface area contributed by atoms with E-state index in [4.69, 9.17) is 28.9 Å². The van der Waals surface area contributed by atoms with Crippen molar-refractivity contribution in [2.75, 3.05) is 0 Å². The summed E-state index contributed by atoms with van der Waals surface area (Å²) < 4.78 is 0. The molecule has 1 nitrogen and oxygen atoms in total. The van der Waals surface area contributed by atoms with Crippen LogP contribution in [0.15, 0.2) is 42.5 Å². The van der Waals surface area contributed by atoms with E-state index in [0.29, 0.717) is 16.5 Å². The minimum Gasteiger partial charge on any atom is -0.321 e. The lowest BCUT2D eigenvalue weighted by molar-refractivity contribution is 0.399. The Bertz CT molecular complexity index is 633. The van der Waals surface area contributed by atoms with Crippen molar-refractivity contribution in [1.29, 1.82) is 0 Å². The molecule has 2 aromatic carbocycles. The number of benzene rings is 2. The second-order valence-electron chi connectivity index (χ2n) is 5.90. The number of nitrogens with two attached hydrogens (primary N) is 1. The molecule has 2 N–H and O–H groups in total. The summed E-state index contributed by atoms with van der Waals surface area (Å²) in [5.41, 5.74) is 10.0. The van der Waals surface area contributed by atoms with E-state index in [1.807, 2.05) is 18.2 Å². The first kappa shape index (κ1) is 14.9. The van der Waals surface area contributed by atoms with Gasteiger partial charge in [0.1, 0.15) is 0 Å². The normalized spacial score (nSPS) is 21.7. The summed E-state index contributed by atoms with van der Waals surface area (Å²) in [5.74, 6) is 0. The zero-order chi connectivity index (χ0) is 14.9. The van der Waals surface area contributed by atoms with Crippen LogP contribution in [0.1, 0.15) is 36.0 Å². The monoisotopic (exact) mass is 319 g/mol. The van der Waals surface area contributed by atoms with Crippen molar-refractivity contribution in [1.82, 2.24) is 0 Å². The van der Waals surface area contributed by atoms with Gasteiger partial charge in [0, 0.05) is 15.6 Å². The van der Waals surface area contributed by atoms with Gasteiger partial charge in [-0.05, 0) is 54.5 Å². The molecular weight excluding hydrogens is 301 g/mol. The Morgan fingerprint density at radius 2 is 1.67 bits per heavy atom. The summed E-state index contributed by atoms with van der Waals surface area (Å²) in [6, 6.07) is 14.1. The SMILES string of the molecule is NC1(Cc2c(Cl)cccc2Cl)CCCCc2ccccc21. The van der Waals surface area contributed by atoms with Gasteiger partial charge in [-0.15, -0.1) is 0 Å². The summed E-state index contributed by atoms with van der Waals surface area (Å²) in [6.45, 7) is 0. The first-order valence-corrected chi connectivity index (χ1v) is 8.16. The lowest BCUT2D eigenvalue weighted by Gasteiger charge is -2.31. The highest BCUT2D eigenvalue weighted by atomic mass is 35.5. The highest BCUT2D eigenvalue weighted by Crippen LogP contribution is 2.38. The van der Waals surface area contributed by atoms with Crippen molar-refractivity contribution < 1.29 is 0 Å². The summed E-state index contributed by atoms with van der Waals surface area (Å²) in [4.78, 5) is 0. The van der Waals surface area contributed by atoms with Crippen LogP contribution in [0.3, 0.4) is 0 Å². The number of halogens is 2. The second kappa shape index (κ2) is 6.00. The maximum Gasteiger partial charge on any atom is 0.0454 e. The lowest BCUT2D eigenvalue weighted by Crippen LogP contribution is -2.39. The average Bonchev–Trinajstić information content (AvgIpc) is 2.64. The summed E-state index contributed by atoms with van der Waals surface area (Å²) in [6.07, 6.45) is 5.07. The van der Waals surface area contributed by atoms with Gasteiger partial charge >= 0.3 is 0 Å². The molecule has 0 fully saturated rings. The maximum absolute atomic E-state index is 6.82. The number of fused-ring (bicyclic) bond motifs is 1. The minimum atomic E-state index is -0.387. The smallest absolute Gasteiger partial charge is 0.0454 e. The van der Waals surface area contributed by atoms with Crippen LogP contribution in [-0.4, -0.2) is 0 Å². The third-order valence-corrected chi connectivity index (χ3v) is 5.13. The standard InChI is InChI=1S/C18H19Cl2N/c19-16-9-5-10-17(20)14(16)12-18(21)11-4-3-7-13-6-1-2-8-15(13)18/h1-2,5-6,8-10H,3-4,7,11-12,21H2. The van der Waals surface area contributed by atoms with Gasteiger partial charge in [-0.25, -0.2) is 0 Å². The zero-order valence-electron chi connectivity index (χ0n) is 11.9. The van der Waals surface area contributed by atoms with E-state index in [0.717, 1.165) is 24.8 Å². The van der Waals surface area contributed by atoms with Gasteiger partial charge in [-0.3, -0.25) is 0 Å². The summed E-state index contributed by atoms with van der Waals surface area (Å²) in [5, 5.41) is 1.41. The van der Waals surface area contributed by atoms with Gasteiger partial charge in [-0.1, -0.05) is 60.0 Å². The van der Waals surface area contributed by atoms with Crippen LogP contribution < -0.4 is 5.73 Å². The third-order valence-electron chi connectivity index (χ3n) is 4.43. The molecule has 0 amide bonds. The highest BCUT2D eigenvalue weighted by Gasteiger charge is 2.32. The molecule has 110 valence electrons. The maximum atomic E-state index is 6.82. The molecule has 3 rings (SSSR count). The molecule has 1 aliphatic rings. The van der Waals surface area contributed by atoms with Crippen LogP contribution in [0.5, 0.6) is 0 Å². The molecule has 0 saturated carbocycles. The largest absolute Gasteiger partial charge is 0.321 e. The molecule has 21 heavy (non-hydrogen) atoms. The van der Waals surface area contributed by atoms with Gasteiger partial charge in [0.2, 0.25) is 0 Å². The highest BCUT2D eigenvalue weighted by molar-refractivity contribution is 6.36. The van der Waals surface area contributed by atoms with Crippen molar-refractivity contribution in [3.05, 3.63) is 69.2 Å². The van der Waals surface area contributed by atoms with E-state index in [-0.39, 0.29) is 5.54 Å². The van der Waals surface area contributed by atoms with Crippen LogP contribution in [0.25, 0.3) is 0 Å². The summed E-state index contributed by atoms with van der Waals surface area (Å²) >= 11 is 12.7. The van der Waals surface area contributed by atoms with E-state index in [9.17, 15) is 0 Å². The van der Waals surface area contributed by atoms with Crippen LogP contribution >= 0.6 is 23.2 Å². The fourth-order valence-corrected chi connectivity index (χ4v) is 3.85. The van der Waals surface area contributed by atoms with E-state index < -0.39 is 0 Å². The quantitative estimate of drug-likeness (QED) is 0.764. The average molecular weight is 320 g/mol. The van der Waals surface area contributed by atoms with Gasteiger partial charge in [0.15, 0.2) is 0 Å². The molecule has 1 unspecified atom stereocenters. The molecule has 0 aromatic heterocycles. The topological polar surface area (TPSA) is 26.0 Å². The van der Waals surface area contributed by atoms with E-state index in [2.05, 4.69) is 24.3 Å². The van der Waals surface area contributed by atoms with Crippen molar-refractivity contribution >= 4 is 23.2 Å². The predicted molar refractivity (Wildman–Crippen MR) is 90.0 cm³/mol. The minimum absolute atomic E-state index is 0.387. The van der Waals surface area contributed by atoms with E-state index in [1.165, 1.54) is 17.5 Å². The van der Waals surface area contributed by atoms with E-state index >= 15 is 0 Å². The van der Waals surface area contributed by atoms with Crippen LogP contribution in [0, 0.1) is 0 Å². The van der Waals surface area contributed by atoms with Gasteiger partial charge in [0.25, 0.3) is 0 Å². The second-order valence-corrected chi connectivity index (χ2v) is 6.71. The Labute approximate surface area is 136 Å². The molecule has 0 radical (unpaired) electrons. The molecule has 1 atom stereocenters. The van der Waals surface area contributed by atoms with Gasteiger partial charge < -0.3 is 5.73 Å². The number of hydrogen-bond acceptors (Lipinski definition) is 1. The first-order chi connectivity index (χ1) is 10.1. The zero-order valence-corrected chi connectivity index (χ0v) is 13.4. The van der Waals surface area contributed by atoms with E-state index in [1.54, 1.807) is 0 Å². The van der Waals surface area contributed by atoms with Crippen molar-refractivity contribution in [2.24, 2.45) is 5.73 Å². The van der Waals surface area contributed by atoms with Crippen molar-refractivity contribution in [2.45, 2.75) is 37.6 Å². The third kappa shape index (κ3) is 2.96. The van der Waals surface area contributed by atoms with Crippen LogP contribution in [-0.2, 0) is 18.4 Å². The number of hydrogen-bond donors (Lipinski definition) is 1. The Morgan fingerprint density at radius 3 is 2.43 bits per heavy atom. The molecule has 0 heterocycles.